The van der Waals surface area contributed by atoms with Gasteiger partial charge in [0.1, 0.15) is 11.5 Å². The van der Waals surface area contributed by atoms with Crippen LogP contribution in [0.4, 0.5) is 0 Å². The largest absolute Gasteiger partial charge is 0.360 e. The van der Waals surface area contributed by atoms with E-state index in [1.165, 1.54) is 0 Å². The first-order valence-corrected chi connectivity index (χ1v) is 9.40. The Labute approximate surface area is 135 Å². The summed E-state index contributed by atoms with van der Waals surface area (Å²) in [5, 5.41) is 7.10. The van der Waals surface area contributed by atoms with Crippen LogP contribution >= 0.6 is 11.3 Å². The molecule has 0 amide bonds. The molecule has 2 aromatic heterocycles. The van der Waals surface area contributed by atoms with Crippen LogP contribution in [0.2, 0.25) is 0 Å². The molecule has 2 heterocycles. The van der Waals surface area contributed by atoms with Gasteiger partial charge in [-0.3, -0.25) is 4.21 Å². The molecule has 3 rings (SSSR count). The number of hydrogen-bond acceptors (Lipinski definition) is 5. The lowest BCUT2D eigenvalue weighted by molar-refractivity contribution is 0.396. The minimum atomic E-state index is -1.04. The fraction of sp³-hybridized carbons (Fsp3) is 0.250. The van der Waals surface area contributed by atoms with Crippen molar-refractivity contribution < 1.29 is 8.73 Å². The summed E-state index contributed by atoms with van der Waals surface area (Å²) in [6.07, 6.45) is 0.917. The second-order valence-corrected chi connectivity index (χ2v) is 7.26. The Hall–Kier alpha value is -1.79. The lowest BCUT2D eigenvalue weighted by Crippen LogP contribution is -1.99. The summed E-state index contributed by atoms with van der Waals surface area (Å²) < 4.78 is 17.5. The normalized spacial score (nSPS) is 12.4. The van der Waals surface area contributed by atoms with Gasteiger partial charge in [-0.05, 0) is 6.42 Å². The van der Waals surface area contributed by atoms with Gasteiger partial charge in [-0.1, -0.05) is 42.4 Å². The molecule has 0 aliphatic heterocycles. The molecular weight excluding hydrogens is 316 g/mol. The van der Waals surface area contributed by atoms with E-state index >= 15 is 0 Å². The Morgan fingerprint density at radius 2 is 2.05 bits per heavy atom. The number of rotatable bonds is 6. The van der Waals surface area contributed by atoms with Gasteiger partial charge in [-0.15, -0.1) is 11.3 Å². The highest BCUT2D eigenvalue weighted by Gasteiger charge is 2.11. The third-order valence-electron chi connectivity index (χ3n) is 3.14. The van der Waals surface area contributed by atoms with Crippen molar-refractivity contribution in [2.24, 2.45) is 0 Å². The van der Waals surface area contributed by atoms with Crippen LogP contribution in [-0.2, 0) is 28.7 Å². The first-order chi connectivity index (χ1) is 10.7. The predicted octanol–water partition coefficient (Wildman–Crippen LogP) is 3.81. The van der Waals surface area contributed by atoms with Crippen LogP contribution in [-0.4, -0.2) is 14.3 Å². The topological polar surface area (TPSA) is 56.0 Å². The molecule has 1 aromatic carbocycles. The van der Waals surface area contributed by atoms with Crippen molar-refractivity contribution in [3.05, 3.63) is 58.2 Å². The maximum atomic E-state index is 12.2. The zero-order chi connectivity index (χ0) is 15.4. The molecule has 0 saturated heterocycles. The standard InChI is InChI=1S/C16H16N2O2S2/c1-2-16-17-13(9-21-16)10-22(19)11-14-8-15(18-20-14)12-6-4-3-5-7-12/h3-9H,2,10-11H2,1H3/t22-/m1/s1. The van der Waals surface area contributed by atoms with Crippen LogP contribution < -0.4 is 0 Å². The third kappa shape index (κ3) is 3.69. The van der Waals surface area contributed by atoms with Gasteiger partial charge >= 0.3 is 0 Å². The highest BCUT2D eigenvalue weighted by molar-refractivity contribution is 7.83. The first-order valence-electron chi connectivity index (χ1n) is 7.04. The fourth-order valence-electron chi connectivity index (χ4n) is 2.08. The van der Waals surface area contributed by atoms with E-state index < -0.39 is 10.8 Å². The SMILES string of the molecule is CCc1nc(C[S@@](=O)Cc2cc(-c3ccccc3)no2)cs1. The van der Waals surface area contributed by atoms with Crippen molar-refractivity contribution in [1.82, 2.24) is 10.1 Å². The van der Waals surface area contributed by atoms with Gasteiger partial charge in [0.15, 0.2) is 0 Å². The van der Waals surface area contributed by atoms with E-state index in [-0.39, 0.29) is 0 Å². The number of aryl methyl sites for hydroxylation is 1. The van der Waals surface area contributed by atoms with Gasteiger partial charge in [0.05, 0.1) is 22.2 Å². The average molecular weight is 332 g/mol. The maximum Gasteiger partial charge on any atom is 0.149 e. The summed E-state index contributed by atoms with van der Waals surface area (Å²) >= 11 is 1.62. The summed E-state index contributed by atoms with van der Waals surface area (Å²) in [5.41, 5.74) is 2.66. The molecule has 0 spiro atoms. The van der Waals surface area contributed by atoms with E-state index in [9.17, 15) is 4.21 Å². The molecule has 0 N–H and O–H groups in total. The Balaban J connectivity index is 1.63. The van der Waals surface area contributed by atoms with Gasteiger partial charge in [0.2, 0.25) is 0 Å². The first kappa shape index (κ1) is 15.1. The van der Waals surface area contributed by atoms with Crippen LogP contribution in [0.5, 0.6) is 0 Å². The molecule has 0 saturated carbocycles. The zero-order valence-corrected chi connectivity index (χ0v) is 13.8. The van der Waals surface area contributed by atoms with E-state index in [2.05, 4.69) is 17.1 Å². The highest BCUT2D eigenvalue weighted by atomic mass is 32.2. The van der Waals surface area contributed by atoms with Crippen molar-refractivity contribution >= 4 is 22.1 Å². The minimum absolute atomic E-state index is 0.360. The smallest absolute Gasteiger partial charge is 0.149 e. The Bertz CT molecular complexity index is 765. The summed E-state index contributed by atoms with van der Waals surface area (Å²) in [6, 6.07) is 11.7. The Morgan fingerprint density at radius 1 is 1.23 bits per heavy atom. The number of hydrogen-bond donors (Lipinski definition) is 0. The van der Waals surface area contributed by atoms with Crippen molar-refractivity contribution in [1.29, 1.82) is 0 Å². The quantitative estimate of drug-likeness (QED) is 0.689. The van der Waals surface area contributed by atoms with Crippen molar-refractivity contribution in [3.8, 4) is 11.3 Å². The Kier molecular flexibility index (Phi) is 4.80. The molecule has 3 aromatic rings. The summed E-state index contributed by atoms with van der Waals surface area (Å²) in [6.45, 7) is 2.07. The number of aromatic nitrogens is 2. The van der Waals surface area contributed by atoms with Crippen LogP contribution in [0.25, 0.3) is 11.3 Å². The molecule has 0 bridgehead atoms. The molecule has 4 nitrogen and oxygen atoms in total. The molecule has 0 aliphatic carbocycles. The molecular formula is C16H16N2O2S2. The van der Waals surface area contributed by atoms with Crippen LogP contribution in [0, 0.1) is 0 Å². The van der Waals surface area contributed by atoms with Crippen LogP contribution in [0.3, 0.4) is 0 Å². The van der Waals surface area contributed by atoms with Gasteiger partial charge in [0, 0.05) is 27.8 Å². The van der Waals surface area contributed by atoms with Crippen LogP contribution in [0.15, 0.2) is 46.3 Å². The maximum absolute atomic E-state index is 12.2. The van der Waals surface area contributed by atoms with Gasteiger partial charge in [0.25, 0.3) is 0 Å². The molecule has 0 unspecified atom stereocenters. The van der Waals surface area contributed by atoms with Crippen molar-refractivity contribution in [3.63, 3.8) is 0 Å². The molecule has 0 radical (unpaired) electrons. The second-order valence-electron chi connectivity index (χ2n) is 4.86. The van der Waals surface area contributed by atoms with Gasteiger partial charge in [-0.2, -0.15) is 0 Å². The van der Waals surface area contributed by atoms with Gasteiger partial charge < -0.3 is 4.52 Å². The van der Waals surface area contributed by atoms with E-state index in [1.54, 1.807) is 11.3 Å². The lowest BCUT2D eigenvalue weighted by atomic mass is 10.1. The molecule has 0 fully saturated rings. The third-order valence-corrected chi connectivity index (χ3v) is 5.41. The summed E-state index contributed by atoms with van der Waals surface area (Å²) in [4.78, 5) is 4.44. The summed E-state index contributed by atoms with van der Waals surface area (Å²) in [7, 11) is -1.04. The molecule has 6 heteroatoms. The second kappa shape index (κ2) is 6.98. The molecule has 1 atom stereocenters. The van der Waals surface area contributed by atoms with Crippen molar-refractivity contribution in [2.75, 3.05) is 0 Å². The number of thiazole rings is 1. The van der Waals surface area contributed by atoms with E-state index in [0.29, 0.717) is 17.3 Å². The van der Waals surface area contributed by atoms with E-state index in [4.69, 9.17) is 4.52 Å². The van der Waals surface area contributed by atoms with E-state index in [1.807, 2.05) is 41.8 Å². The van der Waals surface area contributed by atoms with E-state index in [0.717, 1.165) is 28.4 Å². The average Bonchev–Trinajstić information content (AvgIpc) is 3.17. The monoisotopic (exact) mass is 332 g/mol. The molecule has 22 heavy (non-hydrogen) atoms. The minimum Gasteiger partial charge on any atom is -0.360 e. The Morgan fingerprint density at radius 3 is 2.77 bits per heavy atom. The molecule has 114 valence electrons. The fourth-order valence-corrected chi connectivity index (χ4v) is 3.96. The van der Waals surface area contributed by atoms with Crippen LogP contribution in [0.1, 0.15) is 23.4 Å². The summed E-state index contributed by atoms with van der Waals surface area (Å²) in [5.74, 6) is 1.46. The molecule has 0 aliphatic rings. The van der Waals surface area contributed by atoms with Crippen molar-refractivity contribution in [2.45, 2.75) is 24.9 Å². The lowest BCUT2D eigenvalue weighted by Gasteiger charge is -1.96. The number of benzene rings is 1. The zero-order valence-electron chi connectivity index (χ0n) is 12.2. The van der Waals surface area contributed by atoms with Gasteiger partial charge in [-0.25, -0.2) is 4.98 Å². The highest BCUT2D eigenvalue weighted by Crippen LogP contribution is 2.20. The predicted molar refractivity (Wildman–Crippen MR) is 89.0 cm³/mol. The number of nitrogens with zero attached hydrogens (tertiary/aromatic N) is 2.